The van der Waals surface area contributed by atoms with Gasteiger partial charge in [-0.25, -0.2) is 21.2 Å². The first kappa shape index (κ1) is 21.4. The van der Waals surface area contributed by atoms with Crippen LogP contribution in [0.4, 0.5) is 5.82 Å². The minimum atomic E-state index is -0.153. The number of para-hydroxylation sites is 1. The lowest BCUT2D eigenvalue weighted by Gasteiger charge is -2.31. The molecular weight excluding hydrogens is 430 g/mol. The SMILES string of the molecule is [C-]#[N+]CC(=O)N1CCC[C@@H](n2nc(-c3ccc(Oc4ccccc4)cc3)c3c(N)ncnc32)C1. The molecule has 4 aromatic rings. The molecule has 1 atom stereocenters. The van der Waals surface area contributed by atoms with Crippen molar-refractivity contribution in [3.63, 3.8) is 0 Å². The van der Waals surface area contributed by atoms with Crippen molar-refractivity contribution in [3.8, 4) is 22.8 Å². The number of carbonyl (C=O) groups excluding carboxylic acids is 1. The van der Waals surface area contributed by atoms with Crippen LogP contribution >= 0.6 is 0 Å². The normalized spacial score (nSPS) is 15.7. The maximum Gasteiger partial charge on any atom is 0.302 e. The van der Waals surface area contributed by atoms with Gasteiger partial charge in [-0.3, -0.25) is 4.79 Å². The summed E-state index contributed by atoms with van der Waals surface area (Å²) < 4.78 is 7.76. The molecule has 1 aliphatic heterocycles. The number of ether oxygens (including phenoxy) is 1. The van der Waals surface area contributed by atoms with E-state index < -0.39 is 0 Å². The van der Waals surface area contributed by atoms with Crippen molar-refractivity contribution in [1.82, 2.24) is 24.6 Å². The second-order valence-corrected chi connectivity index (χ2v) is 8.14. The molecule has 1 aliphatic rings. The van der Waals surface area contributed by atoms with E-state index in [0.29, 0.717) is 41.4 Å². The van der Waals surface area contributed by atoms with Crippen LogP contribution in [0.2, 0.25) is 0 Å². The van der Waals surface area contributed by atoms with Gasteiger partial charge in [-0.2, -0.15) is 5.10 Å². The van der Waals surface area contributed by atoms with E-state index in [1.54, 1.807) is 4.90 Å². The summed E-state index contributed by atoms with van der Waals surface area (Å²) in [4.78, 5) is 25.9. The van der Waals surface area contributed by atoms with E-state index in [1.165, 1.54) is 6.33 Å². The minimum absolute atomic E-state index is 0.0605. The van der Waals surface area contributed by atoms with Crippen molar-refractivity contribution in [3.05, 3.63) is 72.3 Å². The zero-order valence-corrected chi connectivity index (χ0v) is 18.5. The van der Waals surface area contributed by atoms with Crippen LogP contribution in [0, 0.1) is 6.57 Å². The Labute approximate surface area is 196 Å². The molecule has 170 valence electrons. The molecule has 1 amide bonds. The standard InChI is InChI=1S/C25H23N7O2/c1-27-14-21(33)31-13-5-6-18(15-31)32-25-22(24(26)28-16-29-25)23(30-32)17-9-11-20(12-10-17)34-19-7-3-2-4-8-19/h2-4,7-12,16,18H,5-6,13-15H2,(H2,26,28,29)/t18-/m1/s1. The number of fused-ring (bicyclic) bond motifs is 1. The fraction of sp³-hybridized carbons (Fsp3) is 0.240. The monoisotopic (exact) mass is 453 g/mol. The zero-order valence-electron chi connectivity index (χ0n) is 18.5. The number of amides is 1. The van der Waals surface area contributed by atoms with Gasteiger partial charge in [0.1, 0.15) is 29.3 Å². The Morgan fingerprint density at radius 3 is 2.65 bits per heavy atom. The van der Waals surface area contributed by atoms with E-state index in [9.17, 15) is 4.79 Å². The summed E-state index contributed by atoms with van der Waals surface area (Å²) in [6.07, 6.45) is 3.12. The van der Waals surface area contributed by atoms with Crippen molar-refractivity contribution in [2.75, 3.05) is 25.4 Å². The Kier molecular flexibility index (Phi) is 5.79. The largest absolute Gasteiger partial charge is 0.457 e. The number of nitrogens with two attached hydrogens (primary N) is 1. The summed E-state index contributed by atoms with van der Waals surface area (Å²) >= 11 is 0. The van der Waals surface area contributed by atoms with Gasteiger partial charge in [0.25, 0.3) is 6.54 Å². The van der Waals surface area contributed by atoms with E-state index in [2.05, 4.69) is 14.8 Å². The van der Waals surface area contributed by atoms with Crippen LogP contribution in [-0.4, -0.2) is 50.2 Å². The summed E-state index contributed by atoms with van der Waals surface area (Å²) in [5.41, 5.74) is 8.44. The molecule has 0 spiro atoms. The molecule has 0 saturated carbocycles. The third-order valence-electron chi connectivity index (χ3n) is 5.93. The fourth-order valence-corrected chi connectivity index (χ4v) is 4.31. The molecule has 0 aliphatic carbocycles. The number of benzene rings is 2. The Morgan fingerprint density at radius 2 is 1.88 bits per heavy atom. The molecule has 9 heteroatoms. The van der Waals surface area contributed by atoms with E-state index in [4.69, 9.17) is 22.1 Å². The minimum Gasteiger partial charge on any atom is -0.457 e. The molecular formula is C25H23N7O2. The third-order valence-corrected chi connectivity index (χ3v) is 5.93. The number of nitrogens with zero attached hydrogens (tertiary/aromatic N) is 6. The van der Waals surface area contributed by atoms with Gasteiger partial charge in [0.05, 0.1) is 11.4 Å². The van der Waals surface area contributed by atoms with Crippen molar-refractivity contribution in [2.24, 2.45) is 0 Å². The highest BCUT2D eigenvalue weighted by molar-refractivity contribution is 5.98. The number of piperidine rings is 1. The van der Waals surface area contributed by atoms with E-state index in [0.717, 1.165) is 24.2 Å². The molecule has 3 heterocycles. The molecule has 0 radical (unpaired) electrons. The highest BCUT2D eigenvalue weighted by Crippen LogP contribution is 2.34. The van der Waals surface area contributed by atoms with Gasteiger partial charge >= 0.3 is 5.91 Å². The number of hydrogen-bond acceptors (Lipinski definition) is 6. The molecule has 2 aromatic heterocycles. The van der Waals surface area contributed by atoms with Gasteiger partial charge in [0, 0.05) is 18.7 Å². The molecule has 1 fully saturated rings. The maximum absolute atomic E-state index is 12.3. The van der Waals surface area contributed by atoms with Crippen molar-refractivity contribution >= 4 is 22.8 Å². The summed E-state index contributed by atoms with van der Waals surface area (Å²) in [7, 11) is 0. The Bertz CT molecular complexity index is 1360. The topological polar surface area (TPSA) is 104 Å². The third kappa shape index (κ3) is 4.13. The molecule has 0 unspecified atom stereocenters. The molecule has 9 nitrogen and oxygen atoms in total. The van der Waals surface area contributed by atoms with E-state index >= 15 is 0 Å². The number of anilines is 1. The Hall–Kier alpha value is -4.45. The number of carbonyl (C=O) groups is 1. The lowest BCUT2D eigenvalue weighted by molar-refractivity contribution is -0.130. The lowest BCUT2D eigenvalue weighted by atomic mass is 10.1. The summed E-state index contributed by atoms with van der Waals surface area (Å²) in [5.74, 6) is 1.67. The van der Waals surface area contributed by atoms with Crippen molar-refractivity contribution in [1.29, 1.82) is 0 Å². The second kappa shape index (κ2) is 9.19. The Morgan fingerprint density at radius 1 is 1.12 bits per heavy atom. The van der Waals surface area contributed by atoms with Gasteiger partial charge in [0.15, 0.2) is 5.65 Å². The molecule has 2 N–H and O–H groups in total. The quantitative estimate of drug-likeness (QED) is 0.459. The summed E-state index contributed by atoms with van der Waals surface area (Å²) in [6.45, 7) is 7.99. The van der Waals surface area contributed by atoms with Crippen LogP contribution in [-0.2, 0) is 4.79 Å². The second-order valence-electron chi connectivity index (χ2n) is 8.14. The first-order chi connectivity index (χ1) is 16.6. The van der Waals surface area contributed by atoms with Gasteiger partial charge in [-0.15, -0.1) is 0 Å². The average molecular weight is 454 g/mol. The van der Waals surface area contributed by atoms with Gasteiger partial charge in [-0.05, 0) is 49.2 Å². The number of likely N-dealkylation sites (tertiary alicyclic amines) is 1. The molecule has 1 saturated heterocycles. The highest BCUT2D eigenvalue weighted by Gasteiger charge is 2.29. The average Bonchev–Trinajstić information content (AvgIpc) is 3.26. The van der Waals surface area contributed by atoms with Crippen LogP contribution in [0.3, 0.4) is 0 Å². The predicted molar refractivity (Wildman–Crippen MR) is 128 cm³/mol. The summed E-state index contributed by atoms with van der Waals surface area (Å²) in [6, 6.07) is 17.2. The lowest BCUT2D eigenvalue weighted by Crippen LogP contribution is -2.41. The van der Waals surface area contributed by atoms with Crippen LogP contribution in [0.25, 0.3) is 27.1 Å². The van der Waals surface area contributed by atoms with E-state index in [1.807, 2.05) is 59.3 Å². The maximum atomic E-state index is 12.3. The predicted octanol–water partition coefficient (Wildman–Crippen LogP) is 3.95. The van der Waals surface area contributed by atoms with Gasteiger partial charge in [0.2, 0.25) is 0 Å². The zero-order chi connectivity index (χ0) is 23.5. The summed E-state index contributed by atoms with van der Waals surface area (Å²) in [5, 5.41) is 5.58. The molecule has 34 heavy (non-hydrogen) atoms. The van der Waals surface area contributed by atoms with E-state index in [-0.39, 0.29) is 18.5 Å². The van der Waals surface area contributed by atoms with Crippen LogP contribution < -0.4 is 10.5 Å². The fourth-order valence-electron chi connectivity index (χ4n) is 4.31. The first-order valence-electron chi connectivity index (χ1n) is 11.1. The van der Waals surface area contributed by atoms with Gasteiger partial charge in [-0.1, -0.05) is 18.2 Å². The molecule has 2 aromatic carbocycles. The van der Waals surface area contributed by atoms with Crippen LogP contribution in [0.15, 0.2) is 60.9 Å². The highest BCUT2D eigenvalue weighted by atomic mass is 16.5. The first-order valence-corrected chi connectivity index (χ1v) is 11.1. The smallest absolute Gasteiger partial charge is 0.302 e. The van der Waals surface area contributed by atoms with Crippen molar-refractivity contribution < 1.29 is 9.53 Å². The van der Waals surface area contributed by atoms with Crippen LogP contribution in [0.1, 0.15) is 18.9 Å². The number of nitrogen functional groups attached to an aromatic ring is 1. The number of hydrogen-bond donors (Lipinski definition) is 1. The Balaban J connectivity index is 1.48. The van der Waals surface area contributed by atoms with Crippen LogP contribution in [0.5, 0.6) is 11.5 Å². The van der Waals surface area contributed by atoms with Gasteiger partial charge < -0.3 is 20.2 Å². The number of aromatic nitrogens is 4. The number of rotatable bonds is 5. The van der Waals surface area contributed by atoms with Crippen molar-refractivity contribution in [2.45, 2.75) is 18.9 Å². The molecule has 5 rings (SSSR count). The molecule has 0 bridgehead atoms.